The highest BCUT2D eigenvalue weighted by molar-refractivity contribution is 6.35. The minimum Gasteiger partial charge on any atom is -0.497 e. The summed E-state index contributed by atoms with van der Waals surface area (Å²) in [5.41, 5.74) is 1.33. The fourth-order valence-corrected chi connectivity index (χ4v) is 4.96. The largest absolute Gasteiger partial charge is 0.497 e. The second kappa shape index (κ2) is 16.4. The van der Waals surface area contributed by atoms with Gasteiger partial charge in [-0.2, -0.15) is 28.1 Å². The van der Waals surface area contributed by atoms with Crippen molar-refractivity contribution in [2.75, 3.05) is 30.9 Å². The van der Waals surface area contributed by atoms with E-state index < -0.39 is 60.6 Å². The van der Waals surface area contributed by atoms with Gasteiger partial charge in [0.1, 0.15) is 11.8 Å². The number of anilines is 3. The number of nitrogens with one attached hydrogen (secondary N) is 5. The number of carboxylic acid groups (broad SMARTS) is 1. The smallest absolute Gasteiger partial charge is 0.422 e. The Hall–Kier alpha value is -6.17. The fourth-order valence-electron chi connectivity index (χ4n) is 4.83. The first-order valence-electron chi connectivity index (χ1n) is 15.8. The lowest BCUT2D eigenvalue weighted by Crippen LogP contribution is -2.50. The Morgan fingerprint density at radius 3 is 2.13 bits per heavy atom. The average molecular weight is 757 g/mol. The van der Waals surface area contributed by atoms with Crippen LogP contribution in [0, 0.1) is 0 Å². The molecule has 53 heavy (non-hydrogen) atoms. The third-order valence-electron chi connectivity index (χ3n) is 7.77. The molecule has 1 aliphatic rings. The summed E-state index contributed by atoms with van der Waals surface area (Å²) in [6, 6.07) is 17.1. The molecule has 19 heteroatoms. The number of hydrogen-bond donors (Lipinski definition) is 6. The predicted octanol–water partition coefficient (Wildman–Crippen LogP) is 3.94. The molecule has 0 unspecified atom stereocenters. The van der Waals surface area contributed by atoms with Gasteiger partial charge in [0.15, 0.2) is 6.61 Å². The highest BCUT2D eigenvalue weighted by Gasteiger charge is 2.45. The summed E-state index contributed by atoms with van der Waals surface area (Å²) in [5.74, 6) is -4.00. The van der Waals surface area contributed by atoms with Gasteiger partial charge in [0.05, 0.1) is 12.6 Å². The van der Waals surface area contributed by atoms with Crippen LogP contribution in [0.2, 0.25) is 5.02 Å². The van der Waals surface area contributed by atoms with E-state index >= 15 is 0 Å². The number of carbonyl (C=O) groups is 4. The highest BCUT2D eigenvalue weighted by atomic mass is 35.5. The maximum atomic E-state index is 12.9. The number of amides is 3. The quantitative estimate of drug-likeness (QED) is 0.0955. The molecule has 1 heterocycles. The second-order valence-electron chi connectivity index (χ2n) is 11.7. The summed E-state index contributed by atoms with van der Waals surface area (Å²) in [6.45, 7) is -2.20. The van der Waals surface area contributed by atoms with Crippen molar-refractivity contribution in [2.45, 2.75) is 37.1 Å². The van der Waals surface area contributed by atoms with Crippen molar-refractivity contribution in [2.24, 2.45) is 0 Å². The maximum absolute atomic E-state index is 12.9. The van der Waals surface area contributed by atoms with Crippen molar-refractivity contribution < 1.29 is 46.9 Å². The van der Waals surface area contributed by atoms with Gasteiger partial charge in [-0.05, 0) is 72.5 Å². The third kappa shape index (κ3) is 10.9. The first-order valence-corrected chi connectivity index (χ1v) is 16.2. The van der Waals surface area contributed by atoms with Crippen LogP contribution < -0.4 is 36.1 Å². The lowest BCUT2D eigenvalue weighted by molar-refractivity contribution is -0.154. The lowest BCUT2D eigenvalue weighted by Gasteiger charge is -2.19. The Morgan fingerprint density at radius 1 is 0.887 bits per heavy atom. The molecule has 0 aliphatic heterocycles. The standard InChI is InChI=1S/C34H32ClF3N8O7/c1-52-24-12-2-19(3-13-24)16-39-27(48)28(49)40-17-25(29(50)51)42-26(47)20-4-10-23(11-5-20)41-30-43-31(45-32(44-30)53-18-34(36,37)38)46-33(14-15-33)21-6-8-22(35)9-7-21/h2-13,25H,14-18H2,1H3,(H,39,48)(H,40,49)(H,42,47)(H,50,51)(H2,41,43,44,45,46)/t25-/m0/s1. The molecule has 4 aromatic rings. The number of halogens is 4. The average Bonchev–Trinajstić information content (AvgIpc) is 3.91. The molecule has 0 radical (unpaired) electrons. The molecule has 6 N–H and O–H groups in total. The first-order chi connectivity index (χ1) is 25.2. The van der Waals surface area contributed by atoms with E-state index in [1.54, 1.807) is 36.4 Å². The van der Waals surface area contributed by atoms with Crippen LogP contribution in [0.4, 0.5) is 30.8 Å². The molecule has 15 nitrogen and oxygen atoms in total. The van der Waals surface area contributed by atoms with Crippen molar-refractivity contribution in [3.8, 4) is 11.8 Å². The van der Waals surface area contributed by atoms with Crippen molar-refractivity contribution >= 4 is 52.9 Å². The van der Waals surface area contributed by atoms with Gasteiger partial charge >= 0.3 is 30.0 Å². The van der Waals surface area contributed by atoms with Gasteiger partial charge in [0, 0.05) is 29.4 Å². The minimum atomic E-state index is -4.65. The summed E-state index contributed by atoms with van der Waals surface area (Å²) < 4.78 is 48.6. The second-order valence-corrected chi connectivity index (χ2v) is 12.1. The SMILES string of the molecule is COc1ccc(CNC(=O)C(=O)NC[C@H](NC(=O)c2ccc(Nc3nc(NC4(c5ccc(Cl)cc5)CC4)nc(OCC(F)(F)F)n3)cc2)C(=O)O)cc1. The van der Waals surface area contributed by atoms with Crippen LogP contribution in [-0.2, 0) is 26.5 Å². The number of methoxy groups -OCH3 is 1. The molecule has 1 aliphatic carbocycles. The van der Waals surface area contributed by atoms with E-state index in [-0.39, 0.29) is 24.0 Å². The Labute approximate surface area is 304 Å². The van der Waals surface area contributed by atoms with Crippen LogP contribution >= 0.6 is 11.6 Å². The molecule has 0 spiro atoms. The third-order valence-corrected chi connectivity index (χ3v) is 8.02. The molecule has 1 atom stereocenters. The zero-order valence-electron chi connectivity index (χ0n) is 27.8. The summed E-state index contributed by atoms with van der Waals surface area (Å²) in [7, 11) is 1.51. The number of carboxylic acids is 1. The van der Waals surface area contributed by atoms with Gasteiger partial charge in [-0.15, -0.1) is 0 Å². The Balaban J connectivity index is 1.19. The van der Waals surface area contributed by atoms with Crippen molar-refractivity contribution in [1.29, 1.82) is 0 Å². The number of ether oxygens (including phenoxy) is 2. The zero-order chi connectivity index (χ0) is 38.2. The molecular weight excluding hydrogens is 725 g/mol. The first kappa shape index (κ1) is 38.1. The Morgan fingerprint density at radius 2 is 1.53 bits per heavy atom. The molecule has 1 saturated carbocycles. The monoisotopic (exact) mass is 756 g/mol. The van der Waals surface area contributed by atoms with Crippen LogP contribution in [0.15, 0.2) is 72.8 Å². The number of aliphatic carboxylic acids is 1. The van der Waals surface area contributed by atoms with Gasteiger partial charge in [0.25, 0.3) is 5.91 Å². The van der Waals surface area contributed by atoms with E-state index in [1.165, 1.54) is 31.4 Å². The Bertz CT molecular complexity index is 1950. The van der Waals surface area contributed by atoms with Crippen LogP contribution in [0.5, 0.6) is 11.8 Å². The van der Waals surface area contributed by atoms with Gasteiger partial charge in [-0.1, -0.05) is 35.9 Å². The number of rotatable bonds is 15. The van der Waals surface area contributed by atoms with Crippen molar-refractivity contribution in [3.05, 3.63) is 94.5 Å². The summed E-state index contributed by atoms with van der Waals surface area (Å²) in [4.78, 5) is 61.4. The van der Waals surface area contributed by atoms with E-state index in [2.05, 4.69) is 41.5 Å². The number of nitrogens with zero attached hydrogens (tertiary/aromatic N) is 3. The fraction of sp³-hybridized carbons (Fsp3) is 0.265. The van der Waals surface area contributed by atoms with Crippen molar-refractivity contribution in [1.82, 2.24) is 30.9 Å². The molecule has 278 valence electrons. The van der Waals surface area contributed by atoms with Gasteiger partial charge in [-0.3, -0.25) is 14.4 Å². The Kier molecular flexibility index (Phi) is 11.8. The van der Waals surface area contributed by atoms with E-state index in [9.17, 15) is 37.5 Å². The highest BCUT2D eigenvalue weighted by Crippen LogP contribution is 2.48. The van der Waals surface area contributed by atoms with Gasteiger partial charge in [-0.25, -0.2) is 4.79 Å². The summed E-state index contributed by atoms with van der Waals surface area (Å²) >= 11 is 6.01. The van der Waals surface area contributed by atoms with E-state index in [1.807, 2.05) is 12.1 Å². The number of carbonyl (C=O) groups excluding carboxylic acids is 3. The summed E-state index contributed by atoms with van der Waals surface area (Å²) in [6.07, 6.45) is -3.26. The number of alkyl halides is 3. The minimum absolute atomic E-state index is 0.0243. The number of aromatic nitrogens is 3. The van der Waals surface area contributed by atoms with Crippen LogP contribution in [0.3, 0.4) is 0 Å². The summed E-state index contributed by atoms with van der Waals surface area (Å²) in [5, 5.41) is 23.0. The van der Waals surface area contributed by atoms with Crippen molar-refractivity contribution in [3.63, 3.8) is 0 Å². The van der Waals surface area contributed by atoms with Crippen LogP contribution in [-0.4, -0.2) is 76.2 Å². The zero-order valence-corrected chi connectivity index (χ0v) is 28.5. The van der Waals surface area contributed by atoms with Gasteiger partial charge in [0.2, 0.25) is 11.9 Å². The molecule has 0 bridgehead atoms. The number of hydrogen-bond acceptors (Lipinski definition) is 11. The van der Waals surface area contributed by atoms with E-state index in [4.69, 9.17) is 21.1 Å². The number of benzene rings is 3. The van der Waals surface area contributed by atoms with E-state index in [0.29, 0.717) is 34.9 Å². The topological polar surface area (TPSA) is 206 Å². The maximum Gasteiger partial charge on any atom is 0.422 e. The normalized spacial score (nSPS) is 13.5. The molecule has 5 rings (SSSR count). The molecule has 1 aromatic heterocycles. The lowest BCUT2D eigenvalue weighted by atomic mass is 10.1. The molecule has 1 fully saturated rings. The molecule has 3 amide bonds. The molecule has 3 aromatic carbocycles. The molecular formula is C34H32ClF3N8O7. The van der Waals surface area contributed by atoms with E-state index in [0.717, 1.165) is 5.56 Å². The van der Waals surface area contributed by atoms with Crippen LogP contribution in [0.1, 0.15) is 34.3 Å². The van der Waals surface area contributed by atoms with Crippen LogP contribution in [0.25, 0.3) is 0 Å². The molecule has 0 saturated heterocycles. The van der Waals surface area contributed by atoms with Gasteiger partial charge < -0.3 is 41.2 Å². The predicted molar refractivity (Wildman–Crippen MR) is 184 cm³/mol.